The van der Waals surface area contributed by atoms with Crippen molar-refractivity contribution in [2.24, 2.45) is 0 Å². The predicted octanol–water partition coefficient (Wildman–Crippen LogP) is 5.37. The number of methoxy groups -OCH3 is 2. The Hall–Kier alpha value is -3.77. The van der Waals surface area contributed by atoms with Crippen LogP contribution < -0.4 is 19.7 Å². The maximum absolute atomic E-state index is 13.7. The summed E-state index contributed by atoms with van der Waals surface area (Å²) in [4.78, 5) is 28.4. The Balaban J connectivity index is 1.87. The number of aryl methyl sites for hydroxylation is 2. The fourth-order valence-corrected chi connectivity index (χ4v) is 3.93. The fourth-order valence-electron chi connectivity index (χ4n) is 3.75. The molecule has 0 saturated carbocycles. The third kappa shape index (κ3) is 4.05. The van der Waals surface area contributed by atoms with Gasteiger partial charge in [-0.05, 0) is 60.9 Å². The molecule has 7 heteroatoms. The molecule has 0 fully saturated rings. The third-order valence-electron chi connectivity index (χ3n) is 5.55. The molecule has 1 aliphatic heterocycles. The van der Waals surface area contributed by atoms with E-state index in [1.54, 1.807) is 36.4 Å². The molecule has 168 valence electrons. The van der Waals surface area contributed by atoms with E-state index in [1.807, 2.05) is 38.1 Å². The van der Waals surface area contributed by atoms with E-state index in [4.69, 9.17) is 21.1 Å². The van der Waals surface area contributed by atoms with Crippen LogP contribution in [0.3, 0.4) is 0 Å². The molecule has 1 aliphatic rings. The van der Waals surface area contributed by atoms with Crippen LogP contribution in [-0.4, -0.2) is 26.0 Å². The Morgan fingerprint density at radius 3 is 2.21 bits per heavy atom. The maximum Gasteiger partial charge on any atom is 0.282 e. The first kappa shape index (κ1) is 22.4. The lowest BCUT2D eigenvalue weighted by atomic mass is 10.0. The Morgan fingerprint density at radius 1 is 0.818 bits per heavy atom. The van der Waals surface area contributed by atoms with Crippen LogP contribution in [0.25, 0.3) is 5.57 Å². The van der Waals surface area contributed by atoms with Crippen LogP contribution >= 0.6 is 11.6 Å². The lowest BCUT2D eigenvalue weighted by Gasteiger charge is -2.17. The van der Waals surface area contributed by atoms with Gasteiger partial charge in [-0.2, -0.15) is 0 Å². The van der Waals surface area contributed by atoms with Crippen LogP contribution in [0.2, 0.25) is 5.02 Å². The summed E-state index contributed by atoms with van der Waals surface area (Å²) >= 11 is 6.29. The van der Waals surface area contributed by atoms with Crippen molar-refractivity contribution >= 4 is 40.4 Å². The van der Waals surface area contributed by atoms with Gasteiger partial charge in [-0.25, -0.2) is 4.90 Å². The molecule has 1 heterocycles. The van der Waals surface area contributed by atoms with Gasteiger partial charge < -0.3 is 14.8 Å². The van der Waals surface area contributed by atoms with E-state index in [1.165, 1.54) is 19.1 Å². The van der Waals surface area contributed by atoms with Crippen LogP contribution in [0.15, 0.2) is 66.4 Å². The molecule has 0 unspecified atom stereocenters. The van der Waals surface area contributed by atoms with Crippen LogP contribution in [0.1, 0.15) is 16.7 Å². The van der Waals surface area contributed by atoms with Crippen LogP contribution in [0, 0.1) is 13.8 Å². The van der Waals surface area contributed by atoms with E-state index in [9.17, 15) is 9.59 Å². The molecule has 4 rings (SSSR count). The Bertz CT molecular complexity index is 1300. The number of carbonyl (C=O) groups is 2. The molecule has 3 aromatic carbocycles. The van der Waals surface area contributed by atoms with E-state index in [0.29, 0.717) is 33.5 Å². The molecule has 0 saturated heterocycles. The lowest BCUT2D eigenvalue weighted by molar-refractivity contribution is -0.120. The molecule has 0 atom stereocenters. The van der Waals surface area contributed by atoms with Gasteiger partial charge >= 0.3 is 0 Å². The van der Waals surface area contributed by atoms with E-state index in [-0.39, 0.29) is 11.3 Å². The topological polar surface area (TPSA) is 67.9 Å². The monoisotopic (exact) mass is 462 g/mol. The number of carbonyl (C=O) groups excluding carboxylic acids is 2. The van der Waals surface area contributed by atoms with Gasteiger partial charge in [0.1, 0.15) is 5.70 Å². The Labute approximate surface area is 197 Å². The maximum atomic E-state index is 13.7. The summed E-state index contributed by atoms with van der Waals surface area (Å²) < 4.78 is 10.7. The summed E-state index contributed by atoms with van der Waals surface area (Å²) in [6.45, 7) is 3.75. The highest BCUT2D eigenvalue weighted by Gasteiger charge is 2.41. The lowest BCUT2D eigenvalue weighted by Crippen LogP contribution is -2.33. The van der Waals surface area contributed by atoms with Crippen LogP contribution in [0.4, 0.5) is 11.4 Å². The number of imide groups is 1. The van der Waals surface area contributed by atoms with Gasteiger partial charge in [-0.3, -0.25) is 9.59 Å². The van der Waals surface area contributed by atoms with Crippen molar-refractivity contribution in [2.75, 3.05) is 24.4 Å². The minimum atomic E-state index is -0.448. The van der Waals surface area contributed by atoms with Gasteiger partial charge in [-0.15, -0.1) is 0 Å². The van der Waals surface area contributed by atoms with Crippen molar-refractivity contribution in [2.45, 2.75) is 13.8 Å². The minimum absolute atomic E-state index is 0.162. The number of nitrogens with zero attached hydrogens (tertiary/aromatic N) is 1. The van der Waals surface area contributed by atoms with E-state index < -0.39 is 11.8 Å². The van der Waals surface area contributed by atoms with Crippen LogP contribution in [0.5, 0.6) is 11.5 Å². The Morgan fingerprint density at radius 2 is 1.55 bits per heavy atom. The average molecular weight is 463 g/mol. The molecule has 2 amide bonds. The van der Waals surface area contributed by atoms with Crippen molar-refractivity contribution in [3.8, 4) is 11.5 Å². The van der Waals surface area contributed by atoms with Crippen molar-refractivity contribution in [3.63, 3.8) is 0 Å². The molecule has 0 spiro atoms. The number of para-hydroxylation sites is 1. The van der Waals surface area contributed by atoms with Crippen molar-refractivity contribution < 1.29 is 19.1 Å². The molecule has 1 N–H and O–H groups in total. The first-order valence-corrected chi connectivity index (χ1v) is 10.7. The van der Waals surface area contributed by atoms with Gasteiger partial charge in [0.2, 0.25) is 0 Å². The molecule has 3 aromatic rings. The minimum Gasteiger partial charge on any atom is -0.493 e. The zero-order chi connectivity index (χ0) is 23.7. The summed E-state index contributed by atoms with van der Waals surface area (Å²) in [5, 5.41) is 3.69. The van der Waals surface area contributed by atoms with E-state index in [0.717, 1.165) is 11.1 Å². The van der Waals surface area contributed by atoms with Crippen molar-refractivity contribution in [3.05, 3.63) is 88.1 Å². The highest BCUT2D eigenvalue weighted by Crippen LogP contribution is 2.38. The number of rotatable bonds is 6. The number of hydrogen-bond donors (Lipinski definition) is 1. The highest BCUT2D eigenvalue weighted by atomic mass is 35.5. The van der Waals surface area contributed by atoms with Gasteiger partial charge in [0.05, 0.1) is 25.5 Å². The van der Waals surface area contributed by atoms with E-state index >= 15 is 0 Å². The SMILES string of the molecule is COc1ccc(C2=C(Nc3ccc(C)c(Cl)c3)C(=O)N(c3ccccc3C)C2=O)cc1OC. The standard InChI is InChI=1S/C26H23ClN2O4/c1-15-9-11-18(14-19(15)27)28-24-23(17-10-12-21(32-3)22(13-17)33-4)25(30)29(26(24)31)20-8-6-5-7-16(20)2/h5-14,28H,1-4H3. The second-order valence-corrected chi connectivity index (χ2v) is 8.05. The summed E-state index contributed by atoms with van der Waals surface area (Å²) in [7, 11) is 3.06. The number of ether oxygens (including phenoxy) is 2. The number of nitrogens with one attached hydrogen (secondary N) is 1. The van der Waals surface area contributed by atoms with Gasteiger partial charge in [0, 0.05) is 10.7 Å². The second-order valence-electron chi connectivity index (χ2n) is 7.64. The third-order valence-corrected chi connectivity index (χ3v) is 5.96. The number of benzene rings is 3. The molecular formula is C26H23ClN2O4. The van der Waals surface area contributed by atoms with Gasteiger partial charge in [0.15, 0.2) is 11.5 Å². The summed E-state index contributed by atoms with van der Waals surface area (Å²) in [6.07, 6.45) is 0. The largest absolute Gasteiger partial charge is 0.493 e. The predicted molar refractivity (Wildman–Crippen MR) is 130 cm³/mol. The van der Waals surface area contributed by atoms with Gasteiger partial charge in [0.25, 0.3) is 11.8 Å². The van der Waals surface area contributed by atoms with Gasteiger partial charge in [-0.1, -0.05) is 41.9 Å². The second kappa shape index (κ2) is 9.00. The molecule has 0 aliphatic carbocycles. The smallest absolute Gasteiger partial charge is 0.282 e. The van der Waals surface area contributed by atoms with E-state index in [2.05, 4.69) is 5.32 Å². The molecule has 33 heavy (non-hydrogen) atoms. The zero-order valence-corrected chi connectivity index (χ0v) is 19.5. The number of halogens is 1. The summed E-state index contributed by atoms with van der Waals surface area (Å²) in [5.74, 6) is 0.0991. The molecule has 6 nitrogen and oxygen atoms in total. The highest BCUT2D eigenvalue weighted by molar-refractivity contribution is 6.46. The molecular weight excluding hydrogens is 440 g/mol. The van der Waals surface area contributed by atoms with Crippen molar-refractivity contribution in [1.82, 2.24) is 0 Å². The number of amides is 2. The normalized spacial score (nSPS) is 13.5. The first-order valence-electron chi connectivity index (χ1n) is 10.3. The molecule has 0 radical (unpaired) electrons. The number of hydrogen-bond acceptors (Lipinski definition) is 5. The average Bonchev–Trinajstić information content (AvgIpc) is 3.05. The zero-order valence-electron chi connectivity index (χ0n) is 18.7. The molecule has 0 bridgehead atoms. The fraction of sp³-hybridized carbons (Fsp3) is 0.154. The summed E-state index contributed by atoms with van der Waals surface area (Å²) in [5.41, 5.74) is 3.78. The first-order chi connectivity index (χ1) is 15.8. The number of anilines is 2. The quantitative estimate of drug-likeness (QED) is 0.499. The Kier molecular flexibility index (Phi) is 6.11. The summed E-state index contributed by atoms with van der Waals surface area (Å²) in [6, 6.07) is 17.8. The van der Waals surface area contributed by atoms with Crippen molar-refractivity contribution in [1.29, 1.82) is 0 Å². The van der Waals surface area contributed by atoms with Crippen LogP contribution in [-0.2, 0) is 9.59 Å². The molecule has 0 aromatic heterocycles.